The lowest BCUT2D eigenvalue weighted by molar-refractivity contribution is -0.141. The number of aliphatic carboxylic acids is 1. The number of nitrogens with one attached hydrogen (secondary N) is 4. The zero-order valence-corrected chi connectivity index (χ0v) is 15.5. The van der Waals surface area contributed by atoms with Gasteiger partial charge in [-0.3, -0.25) is 14.4 Å². The van der Waals surface area contributed by atoms with Gasteiger partial charge in [0.15, 0.2) is 0 Å². The minimum absolute atomic E-state index is 0.0224. The number of rotatable bonds is 10. The molecule has 0 saturated heterocycles. The molecular weight excluding hydrogens is 356 g/mol. The van der Waals surface area contributed by atoms with E-state index in [1.165, 1.54) is 19.4 Å². The average Bonchev–Trinajstić information content (AvgIpc) is 3.10. The Morgan fingerprint density at radius 3 is 2.37 bits per heavy atom. The molecule has 0 saturated carbocycles. The molecule has 27 heavy (non-hydrogen) atoms. The van der Waals surface area contributed by atoms with Crippen molar-refractivity contribution in [3.05, 3.63) is 18.2 Å². The van der Waals surface area contributed by atoms with E-state index in [1.807, 2.05) is 0 Å². The molecule has 11 heteroatoms. The number of amides is 3. The van der Waals surface area contributed by atoms with Crippen LogP contribution in [0, 0.1) is 5.92 Å². The minimum atomic E-state index is -1.22. The first-order valence-electron chi connectivity index (χ1n) is 8.44. The van der Waals surface area contributed by atoms with Crippen molar-refractivity contribution < 1.29 is 24.3 Å². The molecule has 3 unspecified atom stereocenters. The van der Waals surface area contributed by atoms with Gasteiger partial charge in [0.05, 0.1) is 18.9 Å². The van der Waals surface area contributed by atoms with Crippen LogP contribution in [0.4, 0.5) is 0 Å². The van der Waals surface area contributed by atoms with Gasteiger partial charge in [0.25, 0.3) is 0 Å². The van der Waals surface area contributed by atoms with Crippen LogP contribution in [0.5, 0.6) is 0 Å². The summed E-state index contributed by atoms with van der Waals surface area (Å²) >= 11 is 0. The van der Waals surface area contributed by atoms with E-state index in [0.717, 1.165) is 0 Å². The van der Waals surface area contributed by atoms with Gasteiger partial charge in [0.2, 0.25) is 17.7 Å². The van der Waals surface area contributed by atoms with Gasteiger partial charge < -0.3 is 31.8 Å². The number of hydrogen-bond acceptors (Lipinski definition) is 6. The minimum Gasteiger partial charge on any atom is -0.480 e. The second-order valence-corrected chi connectivity index (χ2v) is 6.46. The van der Waals surface area contributed by atoms with Crippen LogP contribution in [0.25, 0.3) is 0 Å². The summed E-state index contributed by atoms with van der Waals surface area (Å²) in [5.41, 5.74) is 6.24. The van der Waals surface area contributed by atoms with Crippen molar-refractivity contribution in [1.29, 1.82) is 0 Å². The van der Waals surface area contributed by atoms with Crippen molar-refractivity contribution in [2.24, 2.45) is 11.7 Å². The molecule has 11 nitrogen and oxygen atoms in total. The zero-order valence-electron chi connectivity index (χ0n) is 15.5. The zero-order chi connectivity index (χ0) is 20.6. The molecule has 0 bridgehead atoms. The Labute approximate surface area is 156 Å². The van der Waals surface area contributed by atoms with Crippen LogP contribution in [-0.2, 0) is 25.6 Å². The fraction of sp³-hybridized carbons (Fsp3) is 0.562. The summed E-state index contributed by atoms with van der Waals surface area (Å²) in [7, 11) is 0. The first-order chi connectivity index (χ1) is 12.6. The van der Waals surface area contributed by atoms with Crippen LogP contribution in [0.2, 0.25) is 0 Å². The fourth-order valence-electron chi connectivity index (χ4n) is 2.06. The number of H-pyrrole nitrogens is 1. The highest BCUT2D eigenvalue weighted by molar-refractivity contribution is 5.92. The number of hydrogen-bond donors (Lipinski definition) is 6. The molecule has 7 N–H and O–H groups in total. The molecule has 0 radical (unpaired) electrons. The molecule has 0 fully saturated rings. The van der Waals surface area contributed by atoms with Gasteiger partial charge in [0.1, 0.15) is 12.1 Å². The van der Waals surface area contributed by atoms with E-state index < -0.39 is 48.4 Å². The predicted octanol–water partition coefficient (Wildman–Crippen LogP) is -1.87. The lowest BCUT2D eigenvalue weighted by Gasteiger charge is -2.19. The summed E-state index contributed by atoms with van der Waals surface area (Å²) in [5.74, 6) is -3.04. The Morgan fingerprint density at radius 2 is 1.85 bits per heavy atom. The summed E-state index contributed by atoms with van der Waals surface area (Å²) < 4.78 is 0. The normalized spacial score (nSPS) is 14.1. The third-order valence-corrected chi connectivity index (χ3v) is 3.81. The summed E-state index contributed by atoms with van der Waals surface area (Å²) in [6, 6.07) is -2.81. The van der Waals surface area contributed by atoms with Crippen molar-refractivity contribution in [3.63, 3.8) is 0 Å². The van der Waals surface area contributed by atoms with Crippen molar-refractivity contribution in [3.8, 4) is 0 Å². The number of carboxylic acid groups (broad SMARTS) is 1. The molecule has 1 heterocycles. The van der Waals surface area contributed by atoms with Gasteiger partial charge in [-0.2, -0.15) is 0 Å². The summed E-state index contributed by atoms with van der Waals surface area (Å²) in [6.45, 7) is 4.58. The van der Waals surface area contributed by atoms with Crippen LogP contribution in [-0.4, -0.2) is 63.4 Å². The fourth-order valence-corrected chi connectivity index (χ4v) is 2.06. The first-order valence-corrected chi connectivity index (χ1v) is 8.44. The molecule has 3 amide bonds. The Kier molecular flexibility index (Phi) is 8.39. The lowest BCUT2D eigenvalue weighted by atomic mass is 10.0. The van der Waals surface area contributed by atoms with E-state index in [4.69, 9.17) is 5.73 Å². The highest BCUT2D eigenvalue weighted by Crippen LogP contribution is 2.00. The summed E-state index contributed by atoms with van der Waals surface area (Å²) in [5, 5.41) is 16.3. The topological polar surface area (TPSA) is 179 Å². The Morgan fingerprint density at radius 1 is 1.19 bits per heavy atom. The number of carbonyl (C=O) groups excluding carboxylic acids is 3. The number of carbonyl (C=O) groups is 4. The maximum atomic E-state index is 12.0. The maximum Gasteiger partial charge on any atom is 0.326 e. The van der Waals surface area contributed by atoms with Crippen LogP contribution in [0.1, 0.15) is 26.5 Å². The maximum absolute atomic E-state index is 12.0. The number of aromatic nitrogens is 2. The van der Waals surface area contributed by atoms with E-state index >= 15 is 0 Å². The van der Waals surface area contributed by atoms with E-state index in [0.29, 0.717) is 5.69 Å². The SMILES string of the molecule is CC(NC(=O)C(N)C(C)C)C(=O)NCC(=O)NC(Cc1cnc[nH]1)C(=O)O. The molecule has 150 valence electrons. The van der Waals surface area contributed by atoms with Crippen LogP contribution >= 0.6 is 0 Å². The molecule has 0 aromatic carbocycles. The van der Waals surface area contributed by atoms with E-state index in [1.54, 1.807) is 13.8 Å². The Bertz CT molecular complexity index is 660. The third-order valence-electron chi connectivity index (χ3n) is 3.81. The number of aromatic amines is 1. The van der Waals surface area contributed by atoms with E-state index in [-0.39, 0.29) is 12.3 Å². The average molecular weight is 382 g/mol. The molecule has 1 aromatic heterocycles. The molecular formula is C16H26N6O5. The van der Waals surface area contributed by atoms with Crippen LogP contribution in [0.15, 0.2) is 12.5 Å². The van der Waals surface area contributed by atoms with E-state index in [9.17, 15) is 24.3 Å². The number of nitrogens with zero attached hydrogens (tertiary/aromatic N) is 1. The Balaban J connectivity index is 2.46. The first kappa shape index (κ1) is 22.1. The smallest absolute Gasteiger partial charge is 0.326 e. The quantitative estimate of drug-likeness (QED) is 0.274. The van der Waals surface area contributed by atoms with Crippen molar-refractivity contribution in [1.82, 2.24) is 25.9 Å². The van der Waals surface area contributed by atoms with Gasteiger partial charge in [-0.1, -0.05) is 13.8 Å². The lowest BCUT2D eigenvalue weighted by Crippen LogP contribution is -2.53. The van der Waals surface area contributed by atoms with Gasteiger partial charge in [-0.15, -0.1) is 0 Å². The van der Waals surface area contributed by atoms with Gasteiger partial charge in [-0.05, 0) is 12.8 Å². The monoisotopic (exact) mass is 382 g/mol. The van der Waals surface area contributed by atoms with Gasteiger partial charge >= 0.3 is 5.97 Å². The van der Waals surface area contributed by atoms with Crippen molar-refractivity contribution in [2.45, 2.75) is 45.3 Å². The molecule has 1 aromatic rings. The highest BCUT2D eigenvalue weighted by atomic mass is 16.4. The Hall–Kier alpha value is -2.95. The molecule has 1 rings (SSSR count). The highest BCUT2D eigenvalue weighted by Gasteiger charge is 2.24. The summed E-state index contributed by atoms with van der Waals surface area (Å²) in [6.07, 6.45) is 2.88. The second-order valence-electron chi connectivity index (χ2n) is 6.46. The van der Waals surface area contributed by atoms with Crippen molar-refractivity contribution in [2.75, 3.05) is 6.54 Å². The predicted molar refractivity (Wildman–Crippen MR) is 95.3 cm³/mol. The van der Waals surface area contributed by atoms with E-state index in [2.05, 4.69) is 25.9 Å². The standard InChI is InChI=1S/C16H26N6O5/c1-8(2)13(17)15(25)21-9(3)14(24)19-6-12(23)22-11(16(26)27)4-10-5-18-7-20-10/h5,7-9,11,13H,4,6,17H2,1-3H3,(H,18,20)(H,19,24)(H,21,25)(H,22,23)(H,26,27). The number of imidazole rings is 1. The van der Waals surface area contributed by atoms with Crippen LogP contribution < -0.4 is 21.7 Å². The summed E-state index contributed by atoms with van der Waals surface area (Å²) in [4.78, 5) is 53.5. The molecule has 0 spiro atoms. The van der Waals surface area contributed by atoms with Crippen LogP contribution in [0.3, 0.4) is 0 Å². The third kappa shape index (κ3) is 7.44. The molecule has 0 aliphatic rings. The largest absolute Gasteiger partial charge is 0.480 e. The van der Waals surface area contributed by atoms with Gasteiger partial charge in [-0.25, -0.2) is 9.78 Å². The number of carboxylic acids is 1. The molecule has 0 aliphatic heterocycles. The molecule has 0 aliphatic carbocycles. The van der Waals surface area contributed by atoms with Crippen molar-refractivity contribution >= 4 is 23.7 Å². The second kappa shape index (κ2) is 10.3. The van der Waals surface area contributed by atoms with Gasteiger partial charge in [0, 0.05) is 18.3 Å². The number of nitrogens with two attached hydrogens (primary N) is 1. The molecule has 3 atom stereocenters.